The minimum atomic E-state index is -0.821. The maximum absolute atomic E-state index is 13.3. The summed E-state index contributed by atoms with van der Waals surface area (Å²) < 4.78 is 26.6. The Morgan fingerprint density at radius 3 is 2.55 bits per heavy atom. The standard InChI is InChI=1S/C16H11F2N3O/c17-11-4-10(5-12(18)6-11)16(22)21-8-14(20)13-2-1-9(7-19)3-15(13)21/h1-6,14H,8,20H2/t14-/m0/s1. The maximum Gasteiger partial charge on any atom is 0.258 e. The Morgan fingerprint density at radius 2 is 1.91 bits per heavy atom. The van der Waals surface area contributed by atoms with Gasteiger partial charge in [-0.15, -0.1) is 0 Å². The second-order valence-electron chi connectivity index (χ2n) is 5.07. The first-order valence-corrected chi connectivity index (χ1v) is 6.57. The molecule has 1 atom stereocenters. The highest BCUT2D eigenvalue weighted by atomic mass is 19.1. The van der Waals surface area contributed by atoms with Crippen LogP contribution in [0.25, 0.3) is 0 Å². The molecule has 2 aromatic rings. The number of hydrogen-bond donors (Lipinski definition) is 1. The zero-order chi connectivity index (χ0) is 15.9. The summed E-state index contributed by atoms with van der Waals surface area (Å²) in [5.41, 5.74) is 7.49. The molecule has 0 saturated carbocycles. The third-order valence-corrected chi connectivity index (χ3v) is 3.58. The second kappa shape index (κ2) is 5.20. The van der Waals surface area contributed by atoms with Gasteiger partial charge >= 0.3 is 0 Å². The van der Waals surface area contributed by atoms with Crippen LogP contribution >= 0.6 is 0 Å². The topological polar surface area (TPSA) is 70.1 Å². The molecular weight excluding hydrogens is 288 g/mol. The molecule has 4 nitrogen and oxygen atoms in total. The van der Waals surface area contributed by atoms with Crippen LogP contribution in [-0.4, -0.2) is 12.5 Å². The monoisotopic (exact) mass is 299 g/mol. The van der Waals surface area contributed by atoms with Crippen molar-refractivity contribution >= 4 is 11.6 Å². The Hall–Kier alpha value is -2.78. The van der Waals surface area contributed by atoms with Crippen LogP contribution < -0.4 is 10.6 Å². The summed E-state index contributed by atoms with van der Waals surface area (Å²) in [6.07, 6.45) is 0. The number of nitrogens with two attached hydrogens (primary N) is 1. The third-order valence-electron chi connectivity index (χ3n) is 3.58. The molecule has 6 heteroatoms. The van der Waals surface area contributed by atoms with Crippen molar-refractivity contribution < 1.29 is 13.6 Å². The fourth-order valence-electron chi connectivity index (χ4n) is 2.58. The molecule has 0 saturated heterocycles. The van der Waals surface area contributed by atoms with E-state index in [1.165, 1.54) is 4.90 Å². The zero-order valence-electron chi connectivity index (χ0n) is 11.4. The van der Waals surface area contributed by atoms with Gasteiger partial charge in [0, 0.05) is 24.2 Å². The van der Waals surface area contributed by atoms with Gasteiger partial charge in [-0.05, 0) is 29.8 Å². The minimum absolute atomic E-state index is 0.0973. The fraction of sp³-hybridized carbons (Fsp3) is 0.125. The predicted octanol–water partition coefficient (Wildman–Crippen LogP) is 2.50. The highest BCUT2D eigenvalue weighted by Gasteiger charge is 2.31. The normalized spacial score (nSPS) is 16.3. The molecule has 1 aliphatic rings. The van der Waals surface area contributed by atoms with Gasteiger partial charge in [0.05, 0.1) is 17.3 Å². The number of fused-ring (bicyclic) bond motifs is 1. The van der Waals surface area contributed by atoms with Crippen molar-refractivity contribution in [2.75, 3.05) is 11.4 Å². The number of nitriles is 1. The molecule has 3 rings (SSSR count). The SMILES string of the molecule is N#Cc1ccc2c(c1)N(C(=O)c1cc(F)cc(F)c1)C[C@@H]2N. The number of carbonyl (C=O) groups excluding carboxylic acids is 1. The smallest absolute Gasteiger partial charge is 0.258 e. The van der Waals surface area contributed by atoms with Crippen LogP contribution in [0.4, 0.5) is 14.5 Å². The largest absolute Gasteiger partial charge is 0.322 e. The molecule has 2 N–H and O–H groups in total. The molecule has 110 valence electrons. The van der Waals surface area contributed by atoms with Gasteiger partial charge in [-0.2, -0.15) is 5.26 Å². The van der Waals surface area contributed by atoms with Crippen LogP contribution in [0.1, 0.15) is 27.5 Å². The zero-order valence-corrected chi connectivity index (χ0v) is 11.4. The van der Waals surface area contributed by atoms with Crippen LogP contribution in [0.15, 0.2) is 36.4 Å². The van der Waals surface area contributed by atoms with Gasteiger partial charge in [-0.3, -0.25) is 4.79 Å². The molecule has 0 aliphatic carbocycles. The van der Waals surface area contributed by atoms with E-state index in [0.29, 0.717) is 17.3 Å². The van der Waals surface area contributed by atoms with E-state index in [1.54, 1.807) is 18.2 Å². The lowest BCUT2D eigenvalue weighted by atomic mass is 10.1. The average Bonchev–Trinajstić information content (AvgIpc) is 2.82. The van der Waals surface area contributed by atoms with E-state index in [-0.39, 0.29) is 12.1 Å². The Balaban J connectivity index is 2.04. The van der Waals surface area contributed by atoms with Gasteiger partial charge in [0.2, 0.25) is 0 Å². The summed E-state index contributed by atoms with van der Waals surface area (Å²) in [5.74, 6) is -2.20. The van der Waals surface area contributed by atoms with Gasteiger partial charge in [0.25, 0.3) is 5.91 Å². The summed E-state index contributed by atoms with van der Waals surface area (Å²) in [7, 11) is 0. The van der Waals surface area contributed by atoms with Crippen molar-refractivity contribution in [3.05, 3.63) is 64.7 Å². The lowest BCUT2D eigenvalue weighted by Gasteiger charge is -2.17. The number of benzene rings is 2. The van der Waals surface area contributed by atoms with Crippen LogP contribution in [-0.2, 0) is 0 Å². The Morgan fingerprint density at radius 1 is 1.23 bits per heavy atom. The Labute approximate surface area is 125 Å². The van der Waals surface area contributed by atoms with Crippen LogP contribution in [0.5, 0.6) is 0 Å². The fourth-order valence-corrected chi connectivity index (χ4v) is 2.58. The third kappa shape index (κ3) is 2.32. The average molecular weight is 299 g/mol. The maximum atomic E-state index is 13.3. The van der Waals surface area contributed by atoms with Gasteiger partial charge in [-0.25, -0.2) is 8.78 Å². The molecule has 1 amide bonds. The second-order valence-corrected chi connectivity index (χ2v) is 5.07. The van der Waals surface area contributed by atoms with E-state index < -0.39 is 23.6 Å². The summed E-state index contributed by atoms with van der Waals surface area (Å²) in [6, 6.07) is 9.11. The molecule has 0 fully saturated rings. The number of amides is 1. The first kappa shape index (κ1) is 14.2. The molecule has 0 unspecified atom stereocenters. The lowest BCUT2D eigenvalue weighted by molar-refractivity contribution is 0.0987. The van der Waals surface area contributed by atoms with Gasteiger partial charge in [-0.1, -0.05) is 6.07 Å². The Kier molecular flexibility index (Phi) is 3.35. The van der Waals surface area contributed by atoms with Crippen molar-refractivity contribution in [1.82, 2.24) is 0 Å². The molecule has 2 aromatic carbocycles. The van der Waals surface area contributed by atoms with Crippen molar-refractivity contribution in [1.29, 1.82) is 5.26 Å². The number of nitrogens with zero attached hydrogens (tertiary/aromatic N) is 2. The molecule has 22 heavy (non-hydrogen) atoms. The molecule has 0 spiro atoms. The summed E-state index contributed by atoms with van der Waals surface area (Å²) in [6.45, 7) is 0.196. The molecular formula is C16H11F2N3O. The van der Waals surface area contributed by atoms with Crippen LogP contribution in [0, 0.1) is 23.0 Å². The van der Waals surface area contributed by atoms with E-state index in [1.807, 2.05) is 6.07 Å². The van der Waals surface area contributed by atoms with Crippen LogP contribution in [0.2, 0.25) is 0 Å². The first-order chi connectivity index (χ1) is 10.5. The predicted molar refractivity (Wildman–Crippen MR) is 76.1 cm³/mol. The summed E-state index contributed by atoms with van der Waals surface area (Å²) in [5, 5.41) is 8.97. The number of hydrogen-bond acceptors (Lipinski definition) is 3. The molecule has 0 radical (unpaired) electrons. The highest BCUT2D eigenvalue weighted by molar-refractivity contribution is 6.07. The number of rotatable bonds is 1. The quantitative estimate of drug-likeness (QED) is 0.879. The summed E-state index contributed by atoms with van der Waals surface area (Å²) >= 11 is 0. The number of halogens is 2. The van der Waals surface area contributed by atoms with E-state index in [9.17, 15) is 13.6 Å². The lowest BCUT2D eigenvalue weighted by Crippen LogP contribution is -2.31. The van der Waals surface area contributed by atoms with Crippen LogP contribution in [0.3, 0.4) is 0 Å². The van der Waals surface area contributed by atoms with Crippen molar-refractivity contribution in [2.45, 2.75) is 6.04 Å². The minimum Gasteiger partial charge on any atom is -0.322 e. The van der Waals surface area contributed by atoms with E-state index in [4.69, 9.17) is 11.0 Å². The number of anilines is 1. The van der Waals surface area contributed by atoms with Crippen molar-refractivity contribution in [3.63, 3.8) is 0 Å². The van der Waals surface area contributed by atoms with E-state index in [0.717, 1.165) is 17.7 Å². The molecule has 0 bridgehead atoms. The number of carbonyl (C=O) groups is 1. The van der Waals surface area contributed by atoms with E-state index in [2.05, 4.69) is 0 Å². The van der Waals surface area contributed by atoms with Crippen molar-refractivity contribution in [2.24, 2.45) is 5.73 Å². The summed E-state index contributed by atoms with van der Waals surface area (Å²) in [4.78, 5) is 13.9. The molecule has 1 aliphatic heterocycles. The first-order valence-electron chi connectivity index (χ1n) is 6.57. The van der Waals surface area contributed by atoms with Gasteiger partial charge < -0.3 is 10.6 Å². The molecule has 1 heterocycles. The van der Waals surface area contributed by atoms with Gasteiger partial charge in [0.1, 0.15) is 11.6 Å². The molecule has 0 aromatic heterocycles. The van der Waals surface area contributed by atoms with E-state index >= 15 is 0 Å². The Bertz CT molecular complexity index is 793. The van der Waals surface area contributed by atoms with Crippen molar-refractivity contribution in [3.8, 4) is 6.07 Å². The highest BCUT2D eigenvalue weighted by Crippen LogP contribution is 2.35. The van der Waals surface area contributed by atoms with Gasteiger partial charge in [0.15, 0.2) is 0 Å².